The highest BCUT2D eigenvalue weighted by atomic mass is 79.9. The second-order valence-electron chi connectivity index (χ2n) is 3.33. The van der Waals surface area contributed by atoms with Crippen LogP contribution in [0.3, 0.4) is 0 Å². The van der Waals surface area contributed by atoms with Crippen molar-refractivity contribution in [1.82, 2.24) is 19.7 Å². The van der Waals surface area contributed by atoms with Crippen LogP contribution in [-0.4, -0.2) is 26.0 Å². The first-order valence-electron chi connectivity index (χ1n) is 4.63. The van der Waals surface area contributed by atoms with E-state index in [-0.39, 0.29) is 0 Å². The predicted octanol–water partition coefficient (Wildman–Crippen LogP) is 1.85. The number of hydrogen-bond acceptors (Lipinski definition) is 4. The zero-order valence-electron chi connectivity index (χ0n) is 8.81. The summed E-state index contributed by atoms with van der Waals surface area (Å²) >= 11 is 3.43. The molecule has 0 bridgehead atoms. The van der Waals surface area contributed by atoms with E-state index in [1.807, 2.05) is 13.8 Å². The molecule has 2 heterocycles. The number of nitrogens with zero attached hydrogens (tertiary/aromatic N) is 4. The summed E-state index contributed by atoms with van der Waals surface area (Å²) in [6.07, 6.45) is 3.65. The van der Waals surface area contributed by atoms with E-state index in [0.29, 0.717) is 17.8 Å². The standard InChI is InChI=1S/C10H9BrN4O/c1-6-9(11)7(2)15(14-6)10-12-3-8(5-16)4-13-10/h3-5H,1-2H3. The van der Waals surface area contributed by atoms with E-state index >= 15 is 0 Å². The summed E-state index contributed by atoms with van der Waals surface area (Å²) in [5.41, 5.74) is 2.25. The molecule has 0 amide bonds. The molecule has 2 aromatic rings. The van der Waals surface area contributed by atoms with Crippen molar-refractivity contribution < 1.29 is 4.79 Å². The van der Waals surface area contributed by atoms with Gasteiger partial charge in [-0.05, 0) is 29.8 Å². The maximum atomic E-state index is 10.5. The van der Waals surface area contributed by atoms with Crippen LogP contribution in [-0.2, 0) is 0 Å². The highest BCUT2D eigenvalue weighted by Gasteiger charge is 2.11. The fourth-order valence-corrected chi connectivity index (χ4v) is 1.57. The monoisotopic (exact) mass is 280 g/mol. The Labute approximate surface area is 101 Å². The first kappa shape index (κ1) is 10.9. The van der Waals surface area contributed by atoms with Gasteiger partial charge in [0.25, 0.3) is 5.95 Å². The Kier molecular flexibility index (Phi) is 2.82. The van der Waals surface area contributed by atoms with Crippen LogP contribution in [0.2, 0.25) is 0 Å². The van der Waals surface area contributed by atoms with E-state index in [9.17, 15) is 4.79 Å². The Morgan fingerprint density at radius 3 is 2.38 bits per heavy atom. The van der Waals surface area contributed by atoms with E-state index in [4.69, 9.17) is 0 Å². The first-order chi connectivity index (χ1) is 7.63. The second-order valence-corrected chi connectivity index (χ2v) is 4.12. The SMILES string of the molecule is Cc1nn(-c2ncc(C=O)cn2)c(C)c1Br. The number of rotatable bonds is 2. The molecule has 2 aromatic heterocycles. The molecule has 0 unspecified atom stereocenters. The van der Waals surface area contributed by atoms with Crippen molar-refractivity contribution in [2.45, 2.75) is 13.8 Å². The van der Waals surface area contributed by atoms with Gasteiger partial charge < -0.3 is 0 Å². The zero-order chi connectivity index (χ0) is 11.7. The molecule has 6 heteroatoms. The molecular weight excluding hydrogens is 272 g/mol. The predicted molar refractivity (Wildman–Crippen MR) is 61.7 cm³/mol. The quantitative estimate of drug-likeness (QED) is 0.788. The highest BCUT2D eigenvalue weighted by molar-refractivity contribution is 9.10. The minimum absolute atomic E-state index is 0.448. The second kappa shape index (κ2) is 4.13. The third kappa shape index (κ3) is 1.76. The Morgan fingerprint density at radius 1 is 1.31 bits per heavy atom. The molecule has 0 saturated heterocycles. The Balaban J connectivity index is 2.50. The van der Waals surface area contributed by atoms with Crippen LogP contribution in [0.25, 0.3) is 5.95 Å². The summed E-state index contributed by atoms with van der Waals surface area (Å²) in [6.45, 7) is 3.81. The molecule has 0 fully saturated rings. The number of hydrogen-bond donors (Lipinski definition) is 0. The summed E-state index contributed by atoms with van der Waals surface area (Å²) in [5, 5.41) is 4.29. The average molecular weight is 281 g/mol. The molecule has 0 N–H and O–H groups in total. The van der Waals surface area contributed by atoms with Crippen molar-refractivity contribution in [2.75, 3.05) is 0 Å². The van der Waals surface area contributed by atoms with Crippen molar-refractivity contribution in [3.63, 3.8) is 0 Å². The zero-order valence-corrected chi connectivity index (χ0v) is 10.4. The minimum atomic E-state index is 0.448. The van der Waals surface area contributed by atoms with Gasteiger partial charge in [0, 0.05) is 12.4 Å². The molecule has 82 valence electrons. The van der Waals surface area contributed by atoms with E-state index in [1.165, 1.54) is 12.4 Å². The molecule has 16 heavy (non-hydrogen) atoms. The van der Waals surface area contributed by atoms with Gasteiger partial charge >= 0.3 is 0 Å². The molecule has 2 rings (SSSR count). The molecule has 0 radical (unpaired) electrons. The number of carbonyl (C=O) groups excluding carboxylic acids is 1. The molecule has 5 nitrogen and oxygen atoms in total. The van der Waals surface area contributed by atoms with Crippen LogP contribution >= 0.6 is 15.9 Å². The molecular formula is C10H9BrN4O. The minimum Gasteiger partial charge on any atom is -0.298 e. The van der Waals surface area contributed by atoms with Gasteiger partial charge in [-0.2, -0.15) is 5.10 Å². The van der Waals surface area contributed by atoms with E-state index in [0.717, 1.165) is 15.9 Å². The Morgan fingerprint density at radius 2 is 1.94 bits per heavy atom. The van der Waals surface area contributed by atoms with Crippen LogP contribution in [0.15, 0.2) is 16.9 Å². The lowest BCUT2D eigenvalue weighted by Gasteiger charge is -2.01. The number of aromatic nitrogens is 4. The van der Waals surface area contributed by atoms with Crippen molar-refractivity contribution in [1.29, 1.82) is 0 Å². The van der Waals surface area contributed by atoms with Crippen LogP contribution < -0.4 is 0 Å². The number of halogens is 1. The van der Waals surface area contributed by atoms with Gasteiger partial charge in [-0.1, -0.05) is 0 Å². The lowest BCUT2D eigenvalue weighted by Crippen LogP contribution is -2.05. The summed E-state index contributed by atoms with van der Waals surface area (Å²) in [7, 11) is 0. The summed E-state index contributed by atoms with van der Waals surface area (Å²) in [5.74, 6) is 0.455. The topological polar surface area (TPSA) is 60.7 Å². The fourth-order valence-electron chi connectivity index (χ4n) is 1.32. The Hall–Kier alpha value is -1.56. The van der Waals surface area contributed by atoms with Gasteiger partial charge in [0.1, 0.15) is 0 Å². The molecule has 0 saturated carbocycles. The summed E-state index contributed by atoms with van der Waals surface area (Å²) < 4.78 is 2.57. The summed E-state index contributed by atoms with van der Waals surface area (Å²) in [6, 6.07) is 0. The molecule has 0 aliphatic rings. The van der Waals surface area contributed by atoms with E-state index < -0.39 is 0 Å². The van der Waals surface area contributed by atoms with E-state index in [1.54, 1.807) is 4.68 Å². The molecule has 0 aliphatic carbocycles. The van der Waals surface area contributed by atoms with Gasteiger partial charge in [0.2, 0.25) is 0 Å². The normalized spacial score (nSPS) is 10.4. The van der Waals surface area contributed by atoms with Crippen molar-refractivity contribution in [3.8, 4) is 5.95 Å². The first-order valence-corrected chi connectivity index (χ1v) is 5.42. The van der Waals surface area contributed by atoms with Crippen LogP contribution in [0.1, 0.15) is 21.7 Å². The van der Waals surface area contributed by atoms with Gasteiger partial charge in [0.05, 0.1) is 21.4 Å². The lowest BCUT2D eigenvalue weighted by atomic mass is 10.4. The van der Waals surface area contributed by atoms with Gasteiger partial charge in [-0.15, -0.1) is 0 Å². The average Bonchev–Trinajstić information content (AvgIpc) is 2.57. The summed E-state index contributed by atoms with van der Waals surface area (Å²) in [4.78, 5) is 18.6. The maximum Gasteiger partial charge on any atom is 0.250 e. The van der Waals surface area contributed by atoms with E-state index in [2.05, 4.69) is 31.0 Å². The van der Waals surface area contributed by atoms with Crippen LogP contribution in [0.5, 0.6) is 0 Å². The maximum absolute atomic E-state index is 10.5. The van der Waals surface area contributed by atoms with Crippen molar-refractivity contribution >= 4 is 22.2 Å². The molecule has 0 aromatic carbocycles. The highest BCUT2D eigenvalue weighted by Crippen LogP contribution is 2.21. The molecule has 0 atom stereocenters. The smallest absolute Gasteiger partial charge is 0.250 e. The molecule has 0 spiro atoms. The van der Waals surface area contributed by atoms with Crippen molar-refractivity contribution in [3.05, 3.63) is 33.8 Å². The van der Waals surface area contributed by atoms with Gasteiger partial charge in [-0.3, -0.25) is 4.79 Å². The third-order valence-electron chi connectivity index (χ3n) is 2.19. The van der Waals surface area contributed by atoms with Gasteiger partial charge in [0.15, 0.2) is 6.29 Å². The largest absolute Gasteiger partial charge is 0.298 e. The van der Waals surface area contributed by atoms with Crippen LogP contribution in [0.4, 0.5) is 0 Å². The lowest BCUT2D eigenvalue weighted by molar-refractivity contribution is 0.112. The van der Waals surface area contributed by atoms with Crippen molar-refractivity contribution in [2.24, 2.45) is 0 Å². The number of carbonyl (C=O) groups is 1. The Bertz CT molecular complexity index is 532. The number of aldehydes is 1. The molecule has 0 aliphatic heterocycles. The van der Waals surface area contributed by atoms with Gasteiger partial charge in [-0.25, -0.2) is 14.6 Å². The third-order valence-corrected chi connectivity index (χ3v) is 3.33. The van der Waals surface area contributed by atoms with Crippen LogP contribution in [0, 0.1) is 13.8 Å². The number of aryl methyl sites for hydroxylation is 1. The fraction of sp³-hybridized carbons (Fsp3) is 0.200.